The highest BCUT2D eigenvalue weighted by Gasteiger charge is 2.15. The third kappa shape index (κ3) is 6.56. The van der Waals surface area contributed by atoms with E-state index in [0.717, 1.165) is 0 Å². The molecule has 2 rings (SSSR count). The lowest BCUT2D eigenvalue weighted by Gasteiger charge is -2.12. The van der Waals surface area contributed by atoms with Crippen LogP contribution in [-0.2, 0) is 20.7 Å². The first kappa shape index (κ1) is 21.8. The lowest BCUT2D eigenvalue weighted by Crippen LogP contribution is -2.22. The maximum atomic E-state index is 12.4. The number of alkyl halides is 2. The van der Waals surface area contributed by atoms with Gasteiger partial charge in [-0.05, 0) is 37.3 Å². The minimum atomic E-state index is -3.05. The fourth-order valence-corrected chi connectivity index (χ4v) is 2.44. The second-order valence-corrected chi connectivity index (χ2v) is 5.84. The Kier molecular flexibility index (Phi) is 7.64. The van der Waals surface area contributed by atoms with E-state index in [1.54, 1.807) is 12.1 Å². The molecule has 0 atom stereocenters. The van der Waals surface area contributed by atoms with Gasteiger partial charge in [0.1, 0.15) is 11.5 Å². The van der Waals surface area contributed by atoms with E-state index in [-0.39, 0.29) is 23.6 Å². The molecule has 0 saturated carbocycles. The van der Waals surface area contributed by atoms with Gasteiger partial charge >= 0.3 is 12.6 Å². The van der Waals surface area contributed by atoms with Crippen molar-refractivity contribution in [2.45, 2.75) is 20.0 Å². The lowest BCUT2D eigenvalue weighted by molar-refractivity contribution is -0.146. The Hall–Kier alpha value is -3.49. The first-order valence-corrected chi connectivity index (χ1v) is 8.47. The zero-order valence-electron chi connectivity index (χ0n) is 15.7. The minimum absolute atomic E-state index is 0.0182. The van der Waals surface area contributed by atoms with Gasteiger partial charge in [0.25, 0.3) is 5.91 Å². The average Bonchev–Trinajstić information content (AvgIpc) is 2.67. The number of ketones is 1. The van der Waals surface area contributed by atoms with Crippen molar-refractivity contribution in [1.82, 2.24) is 0 Å². The molecule has 1 amide bonds. The Morgan fingerprint density at radius 2 is 1.79 bits per heavy atom. The molecule has 0 radical (unpaired) electrons. The van der Waals surface area contributed by atoms with Crippen LogP contribution in [0.2, 0.25) is 0 Å². The van der Waals surface area contributed by atoms with Crippen LogP contribution in [0.25, 0.3) is 0 Å². The van der Waals surface area contributed by atoms with E-state index < -0.39 is 25.1 Å². The van der Waals surface area contributed by atoms with Gasteiger partial charge in [-0.2, -0.15) is 8.78 Å². The quantitative estimate of drug-likeness (QED) is 0.507. The number of nitrogens with one attached hydrogen (secondary N) is 1. The molecule has 9 heteroatoms. The second kappa shape index (κ2) is 10.2. The van der Waals surface area contributed by atoms with Gasteiger partial charge in [0.15, 0.2) is 12.4 Å². The predicted octanol–water partition coefficient (Wildman–Crippen LogP) is 3.22. The number of hydrogen-bond acceptors (Lipinski definition) is 6. The molecule has 1 N–H and O–H groups in total. The van der Waals surface area contributed by atoms with E-state index in [2.05, 4.69) is 10.1 Å². The summed E-state index contributed by atoms with van der Waals surface area (Å²) < 4.78 is 39.2. The van der Waals surface area contributed by atoms with Gasteiger partial charge in [0, 0.05) is 11.1 Å². The van der Waals surface area contributed by atoms with Crippen molar-refractivity contribution in [1.29, 1.82) is 0 Å². The number of amides is 1. The van der Waals surface area contributed by atoms with E-state index in [0.29, 0.717) is 16.9 Å². The van der Waals surface area contributed by atoms with Crippen LogP contribution in [0.15, 0.2) is 42.5 Å². The summed E-state index contributed by atoms with van der Waals surface area (Å²) >= 11 is 0. The standard InChI is InChI=1S/C20H19F2NO6/c1-12(24)13-7-8-16(27-2)14(9-13)10-19(26)28-11-18(25)23-15-5-3-4-6-17(15)29-20(21)22/h3-9,20H,10-11H2,1-2H3,(H,23,25). The van der Waals surface area contributed by atoms with E-state index in [4.69, 9.17) is 9.47 Å². The van der Waals surface area contributed by atoms with Crippen LogP contribution in [0, 0.1) is 0 Å². The molecule has 0 aromatic heterocycles. The van der Waals surface area contributed by atoms with Gasteiger partial charge in [-0.15, -0.1) is 0 Å². The summed E-state index contributed by atoms with van der Waals surface area (Å²) in [6, 6.07) is 10.3. The molecule has 0 heterocycles. The SMILES string of the molecule is COc1ccc(C(C)=O)cc1CC(=O)OCC(=O)Nc1ccccc1OC(F)F. The minimum Gasteiger partial charge on any atom is -0.496 e. The number of methoxy groups -OCH3 is 1. The maximum Gasteiger partial charge on any atom is 0.387 e. The van der Waals surface area contributed by atoms with Crippen LogP contribution in [-0.4, -0.2) is 38.0 Å². The topological polar surface area (TPSA) is 90.9 Å². The van der Waals surface area contributed by atoms with Gasteiger partial charge in [-0.3, -0.25) is 14.4 Å². The molecule has 0 spiro atoms. The summed E-state index contributed by atoms with van der Waals surface area (Å²) in [5.74, 6) is -1.45. The van der Waals surface area contributed by atoms with Crippen LogP contribution in [0.5, 0.6) is 11.5 Å². The highest BCUT2D eigenvalue weighted by Crippen LogP contribution is 2.25. The van der Waals surface area contributed by atoms with Gasteiger partial charge in [-0.25, -0.2) is 0 Å². The van der Waals surface area contributed by atoms with Crippen LogP contribution in [0.4, 0.5) is 14.5 Å². The van der Waals surface area contributed by atoms with Crippen LogP contribution in [0.3, 0.4) is 0 Å². The third-order valence-corrected chi connectivity index (χ3v) is 3.76. The van der Waals surface area contributed by atoms with Crippen LogP contribution in [0.1, 0.15) is 22.8 Å². The zero-order chi connectivity index (χ0) is 21.4. The fraction of sp³-hybridized carbons (Fsp3) is 0.250. The van der Waals surface area contributed by atoms with Crippen LogP contribution >= 0.6 is 0 Å². The van der Waals surface area contributed by atoms with Crippen molar-refractivity contribution in [3.63, 3.8) is 0 Å². The molecule has 0 aliphatic carbocycles. The molecule has 0 bridgehead atoms. The summed E-state index contributed by atoms with van der Waals surface area (Å²) in [6.45, 7) is -2.29. The maximum absolute atomic E-state index is 12.4. The lowest BCUT2D eigenvalue weighted by atomic mass is 10.0. The monoisotopic (exact) mass is 407 g/mol. The predicted molar refractivity (Wildman–Crippen MR) is 99.4 cm³/mol. The van der Waals surface area contributed by atoms with Gasteiger partial charge in [-0.1, -0.05) is 12.1 Å². The van der Waals surface area contributed by atoms with Gasteiger partial charge in [0.05, 0.1) is 19.2 Å². The molecule has 154 valence electrons. The molecule has 2 aromatic carbocycles. The molecule has 0 aliphatic rings. The summed E-state index contributed by atoms with van der Waals surface area (Å²) in [5, 5.41) is 2.34. The molecule has 0 aliphatic heterocycles. The van der Waals surface area contributed by atoms with Crippen molar-refractivity contribution in [2.75, 3.05) is 19.0 Å². The molecule has 2 aromatic rings. The molecular weight excluding hydrogens is 388 g/mol. The first-order valence-electron chi connectivity index (χ1n) is 8.47. The number of benzene rings is 2. The summed E-state index contributed by atoms with van der Waals surface area (Å²) in [4.78, 5) is 35.5. The Balaban J connectivity index is 1.95. The molecule has 0 unspecified atom stereocenters. The van der Waals surface area contributed by atoms with Crippen LogP contribution < -0.4 is 14.8 Å². The number of rotatable bonds is 9. The molecule has 0 fully saturated rings. The van der Waals surface area contributed by atoms with Crippen molar-refractivity contribution < 1.29 is 37.4 Å². The number of hydrogen-bond donors (Lipinski definition) is 1. The zero-order valence-corrected chi connectivity index (χ0v) is 15.7. The first-order chi connectivity index (χ1) is 13.8. The van der Waals surface area contributed by atoms with Crippen molar-refractivity contribution in [3.8, 4) is 11.5 Å². The Labute approximate surface area is 165 Å². The van der Waals surface area contributed by atoms with Crippen molar-refractivity contribution >= 4 is 23.3 Å². The highest BCUT2D eigenvalue weighted by atomic mass is 19.3. The largest absolute Gasteiger partial charge is 0.496 e. The Morgan fingerprint density at radius 1 is 1.07 bits per heavy atom. The summed E-state index contributed by atoms with van der Waals surface area (Å²) in [5.41, 5.74) is 0.855. The number of carbonyl (C=O) groups is 3. The van der Waals surface area contributed by atoms with E-state index >= 15 is 0 Å². The number of halogens is 2. The van der Waals surface area contributed by atoms with Crippen molar-refractivity contribution in [2.24, 2.45) is 0 Å². The Bertz CT molecular complexity index is 900. The molecule has 29 heavy (non-hydrogen) atoms. The summed E-state index contributed by atoms with van der Waals surface area (Å²) in [6.07, 6.45) is -0.220. The second-order valence-electron chi connectivity index (χ2n) is 5.84. The van der Waals surface area contributed by atoms with E-state index in [1.807, 2.05) is 0 Å². The number of esters is 1. The number of anilines is 1. The fourth-order valence-electron chi connectivity index (χ4n) is 2.44. The smallest absolute Gasteiger partial charge is 0.387 e. The van der Waals surface area contributed by atoms with E-state index in [9.17, 15) is 23.2 Å². The normalized spacial score (nSPS) is 10.4. The molecular formula is C20H19F2NO6. The van der Waals surface area contributed by atoms with E-state index in [1.165, 1.54) is 44.4 Å². The summed E-state index contributed by atoms with van der Waals surface area (Å²) in [7, 11) is 1.42. The number of para-hydroxylation sites is 2. The van der Waals surface area contributed by atoms with Gasteiger partial charge in [0.2, 0.25) is 0 Å². The number of carbonyl (C=O) groups excluding carboxylic acids is 3. The number of ether oxygens (including phenoxy) is 3. The average molecular weight is 407 g/mol. The number of Topliss-reactive ketones (excluding diaryl/α,β-unsaturated/α-hetero) is 1. The highest BCUT2D eigenvalue weighted by molar-refractivity contribution is 5.95. The Morgan fingerprint density at radius 3 is 2.45 bits per heavy atom. The van der Waals surface area contributed by atoms with Crippen molar-refractivity contribution in [3.05, 3.63) is 53.6 Å². The third-order valence-electron chi connectivity index (χ3n) is 3.76. The van der Waals surface area contributed by atoms with Gasteiger partial charge < -0.3 is 19.5 Å². The molecule has 7 nitrogen and oxygen atoms in total. The molecule has 0 saturated heterocycles.